The topological polar surface area (TPSA) is 54.7 Å². The third-order valence-corrected chi connectivity index (χ3v) is 5.58. The van der Waals surface area contributed by atoms with E-state index in [-0.39, 0.29) is 17.4 Å². The molecule has 0 spiro atoms. The highest BCUT2D eigenvalue weighted by atomic mass is 16.5. The molecule has 5 nitrogen and oxygen atoms in total. The van der Waals surface area contributed by atoms with Gasteiger partial charge in [-0.2, -0.15) is 0 Å². The monoisotopic (exact) mass is 304 g/mol. The van der Waals surface area contributed by atoms with Crippen molar-refractivity contribution in [2.24, 2.45) is 5.41 Å². The van der Waals surface area contributed by atoms with Crippen LogP contribution in [0.3, 0.4) is 0 Å². The van der Waals surface area contributed by atoms with Gasteiger partial charge in [-0.1, -0.05) is 0 Å². The molecule has 22 heavy (non-hydrogen) atoms. The molecule has 3 fully saturated rings. The Labute approximate surface area is 131 Å². The molecule has 0 unspecified atom stereocenters. The molecular weight excluding hydrogens is 280 g/mol. The van der Waals surface area contributed by atoms with Gasteiger partial charge < -0.3 is 14.5 Å². The molecule has 1 N–H and O–H groups in total. The van der Waals surface area contributed by atoms with E-state index in [0.717, 1.165) is 45.3 Å². The van der Waals surface area contributed by atoms with Crippen LogP contribution in [-0.4, -0.2) is 42.6 Å². The van der Waals surface area contributed by atoms with Gasteiger partial charge in [0.25, 0.3) is 0 Å². The smallest absolute Gasteiger partial charge is 0.230 e. The first kappa shape index (κ1) is 14.3. The molecule has 1 aromatic heterocycles. The molecule has 1 amide bonds. The normalized spacial score (nSPS) is 32.5. The fourth-order valence-corrected chi connectivity index (χ4v) is 4.01. The molecule has 1 aromatic rings. The number of carbonyl (C=O) groups excluding carboxylic acids is 1. The number of nitrogens with one attached hydrogen (secondary N) is 1. The molecule has 1 aliphatic carbocycles. The van der Waals surface area contributed by atoms with Crippen LogP contribution in [0, 0.1) is 5.41 Å². The number of amides is 1. The Morgan fingerprint density at radius 3 is 3.05 bits per heavy atom. The summed E-state index contributed by atoms with van der Waals surface area (Å²) in [6.45, 7) is 3.33. The summed E-state index contributed by atoms with van der Waals surface area (Å²) in [6, 6.07) is 2.39. The maximum absolute atomic E-state index is 12.9. The van der Waals surface area contributed by atoms with E-state index in [4.69, 9.17) is 9.15 Å². The SMILES string of the molecule is O=C(NC1CCC1)[C@@]12CCO[C@@H]1CCN(Cc1ccoc1)C2. The van der Waals surface area contributed by atoms with Crippen LogP contribution in [-0.2, 0) is 16.1 Å². The molecule has 1 saturated carbocycles. The van der Waals surface area contributed by atoms with Crippen LogP contribution in [0.15, 0.2) is 23.0 Å². The first-order valence-electron chi connectivity index (χ1n) is 8.42. The summed E-state index contributed by atoms with van der Waals surface area (Å²) in [7, 11) is 0. The second-order valence-corrected chi connectivity index (χ2v) is 7.00. The molecule has 2 saturated heterocycles. The molecule has 3 heterocycles. The Bertz CT molecular complexity index is 526. The Kier molecular flexibility index (Phi) is 3.70. The maximum atomic E-state index is 12.9. The van der Waals surface area contributed by atoms with Crippen LogP contribution in [0.5, 0.6) is 0 Å². The largest absolute Gasteiger partial charge is 0.472 e. The van der Waals surface area contributed by atoms with Gasteiger partial charge in [-0.05, 0) is 38.2 Å². The second-order valence-electron chi connectivity index (χ2n) is 7.00. The summed E-state index contributed by atoms with van der Waals surface area (Å²) in [5, 5.41) is 3.26. The quantitative estimate of drug-likeness (QED) is 0.923. The van der Waals surface area contributed by atoms with Crippen LogP contribution < -0.4 is 5.32 Å². The lowest BCUT2D eigenvalue weighted by Crippen LogP contribution is -2.58. The van der Waals surface area contributed by atoms with E-state index < -0.39 is 0 Å². The number of hydrogen-bond acceptors (Lipinski definition) is 4. The number of ether oxygens (including phenoxy) is 1. The molecule has 120 valence electrons. The van der Waals surface area contributed by atoms with Gasteiger partial charge in [0, 0.05) is 37.8 Å². The van der Waals surface area contributed by atoms with Gasteiger partial charge >= 0.3 is 0 Å². The Morgan fingerprint density at radius 1 is 1.41 bits per heavy atom. The molecule has 0 radical (unpaired) electrons. The molecule has 3 aliphatic rings. The van der Waals surface area contributed by atoms with Gasteiger partial charge in [0.2, 0.25) is 5.91 Å². The predicted molar refractivity (Wildman–Crippen MR) is 81.2 cm³/mol. The highest BCUT2D eigenvalue weighted by Gasteiger charge is 2.53. The Balaban J connectivity index is 1.48. The van der Waals surface area contributed by atoms with E-state index in [2.05, 4.69) is 10.2 Å². The van der Waals surface area contributed by atoms with Crippen molar-refractivity contribution >= 4 is 5.91 Å². The predicted octanol–water partition coefficient (Wildman–Crippen LogP) is 1.93. The number of nitrogens with zero attached hydrogens (tertiary/aromatic N) is 1. The van der Waals surface area contributed by atoms with Crippen molar-refractivity contribution in [3.63, 3.8) is 0 Å². The molecule has 5 heteroatoms. The average molecular weight is 304 g/mol. The van der Waals surface area contributed by atoms with E-state index in [1.54, 1.807) is 12.5 Å². The van der Waals surface area contributed by atoms with Gasteiger partial charge in [-0.3, -0.25) is 9.69 Å². The maximum Gasteiger partial charge on any atom is 0.230 e. The third-order valence-electron chi connectivity index (χ3n) is 5.58. The van der Waals surface area contributed by atoms with Crippen molar-refractivity contribution in [2.75, 3.05) is 19.7 Å². The van der Waals surface area contributed by atoms with E-state index in [1.807, 2.05) is 6.07 Å². The number of rotatable bonds is 4. The van der Waals surface area contributed by atoms with Crippen LogP contribution >= 0.6 is 0 Å². The Morgan fingerprint density at radius 2 is 2.32 bits per heavy atom. The molecule has 0 bridgehead atoms. The third kappa shape index (κ3) is 2.46. The van der Waals surface area contributed by atoms with Gasteiger partial charge in [-0.15, -0.1) is 0 Å². The van der Waals surface area contributed by atoms with Gasteiger partial charge in [-0.25, -0.2) is 0 Å². The van der Waals surface area contributed by atoms with E-state index in [1.165, 1.54) is 12.0 Å². The zero-order valence-corrected chi connectivity index (χ0v) is 12.9. The highest BCUT2D eigenvalue weighted by molar-refractivity contribution is 5.84. The zero-order chi connectivity index (χ0) is 15.0. The lowest BCUT2D eigenvalue weighted by molar-refractivity contribution is -0.140. The summed E-state index contributed by atoms with van der Waals surface area (Å²) in [5.41, 5.74) is 0.823. The molecule has 2 atom stereocenters. The van der Waals surface area contributed by atoms with E-state index in [0.29, 0.717) is 12.6 Å². The van der Waals surface area contributed by atoms with Crippen LogP contribution in [0.25, 0.3) is 0 Å². The first-order chi connectivity index (χ1) is 10.8. The van der Waals surface area contributed by atoms with Crippen molar-refractivity contribution in [3.8, 4) is 0 Å². The minimum Gasteiger partial charge on any atom is -0.472 e. The van der Waals surface area contributed by atoms with Crippen molar-refractivity contribution in [1.82, 2.24) is 10.2 Å². The van der Waals surface area contributed by atoms with Crippen LogP contribution in [0.2, 0.25) is 0 Å². The summed E-state index contributed by atoms with van der Waals surface area (Å²) in [6.07, 6.45) is 8.88. The van der Waals surface area contributed by atoms with Gasteiger partial charge in [0.15, 0.2) is 0 Å². The molecule has 0 aromatic carbocycles. The summed E-state index contributed by atoms with van der Waals surface area (Å²) in [5.74, 6) is 0.219. The van der Waals surface area contributed by atoms with E-state index in [9.17, 15) is 4.79 Å². The standard InChI is InChI=1S/C17H24N2O3/c20-16(18-14-2-1-3-14)17-6-9-22-15(17)4-7-19(12-17)10-13-5-8-21-11-13/h5,8,11,14-15H,1-4,6-7,9-10,12H2,(H,18,20)/t15-,17-/m1/s1. The number of likely N-dealkylation sites (tertiary alicyclic amines) is 1. The fraction of sp³-hybridized carbons (Fsp3) is 0.706. The number of piperidine rings is 1. The zero-order valence-electron chi connectivity index (χ0n) is 12.9. The number of fused-ring (bicyclic) bond motifs is 1. The minimum atomic E-state index is -0.350. The van der Waals surface area contributed by atoms with Crippen LogP contribution in [0.4, 0.5) is 0 Å². The second kappa shape index (κ2) is 5.70. The molecular formula is C17H24N2O3. The van der Waals surface area contributed by atoms with Crippen LogP contribution in [0.1, 0.15) is 37.7 Å². The summed E-state index contributed by atoms with van der Waals surface area (Å²) in [4.78, 5) is 15.3. The van der Waals surface area contributed by atoms with Gasteiger partial charge in [0.1, 0.15) is 0 Å². The lowest BCUT2D eigenvalue weighted by Gasteiger charge is -2.43. The molecule has 2 aliphatic heterocycles. The van der Waals surface area contributed by atoms with Crippen molar-refractivity contribution in [1.29, 1.82) is 0 Å². The summed E-state index contributed by atoms with van der Waals surface area (Å²) < 4.78 is 11.1. The Hall–Kier alpha value is -1.33. The van der Waals surface area contributed by atoms with Crippen molar-refractivity contribution in [2.45, 2.75) is 50.8 Å². The molecule has 4 rings (SSSR count). The highest BCUT2D eigenvalue weighted by Crippen LogP contribution is 2.42. The first-order valence-corrected chi connectivity index (χ1v) is 8.42. The number of hydrogen-bond donors (Lipinski definition) is 1. The van der Waals surface area contributed by atoms with Crippen molar-refractivity contribution in [3.05, 3.63) is 24.2 Å². The summed E-state index contributed by atoms with van der Waals surface area (Å²) >= 11 is 0. The number of carbonyl (C=O) groups is 1. The number of furan rings is 1. The van der Waals surface area contributed by atoms with E-state index >= 15 is 0 Å². The minimum absolute atomic E-state index is 0.0909. The fourth-order valence-electron chi connectivity index (χ4n) is 4.01. The van der Waals surface area contributed by atoms with Gasteiger partial charge in [0.05, 0.1) is 24.0 Å². The average Bonchev–Trinajstić information content (AvgIpc) is 3.12. The lowest BCUT2D eigenvalue weighted by atomic mass is 9.75. The van der Waals surface area contributed by atoms with Crippen molar-refractivity contribution < 1.29 is 13.9 Å².